The molecule has 1 atom stereocenters. The van der Waals surface area contributed by atoms with Gasteiger partial charge < -0.3 is 5.32 Å². The van der Waals surface area contributed by atoms with Crippen LogP contribution in [0.3, 0.4) is 0 Å². The van der Waals surface area contributed by atoms with Gasteiger partial charge in [0.25, 0.3) is 5.91 Å². The van der Waals surface area contributed by atoms with Gasteiger partial charge in [-0.2, -0.15) is 5.10 Å². The molecule has 0 saturated carbocycles. The van der Waals surface area contributed by atoms with Gasteiger partial charge in [-0.3, -0.25) is 4.79 Å². The summed E-state index contributed by atoms with van der Waals surface area (Å²) in [5.74, 6) is -0.147. The predicted octanol–water partition coefficient (Wildman–Crippen LogP) is 4.47. The van der Waals surface area contributed by atoms with Crippen LogP contribution in [0.5, 0.6) is 0 Å². The molecule has 0 radical (unpaired) electrons. The maximum atomic E-state index is 12.7. The fourth-order valence-corrected chi connectivity index (χ4v) is 2.91. The summed E-state index contributed by atoms with van der Waals surface area (Å²) in [5, 5.41) is 8.92. The first kappa shape index (κ1) is 17.4. The second-order valence-corrected chi connectivity index (χ2v) is 6.90. The van der Waals surface area contributed by atoms with Crippen LogP contribution < -0.4 is 5.32 Å². The van der Waals surface area contributed by atoms with Crippen LogP contribution in [-0.2, 0) is 0 Å². The molecule has 0 saturated heterocycles. The molecule has 0 fully saturated rings. The van der Waals surface area contributed by atoms with Crippen molar-refractivity contribution in [2.45, 2.75) is 39.8 Å². The smallest absolute Gasteiger partial charge is 0.253 e. The Bertz CT molecular complexity index is 915. The maximum Gasteiger partial charge on any atom is 0.253 e. The van der Waals surface area contributed by atoms with Crippen LogP contribution in [0, 0.1) is 6.92 Å². The molecular formula is C19H21ClN4O. The minimum absolute atomic E-state index is 0.127. The lowest BCUT2D eigenvalue weighted by atomic mass is 10.1. The van der Waals surface area contributed by atoms with Crippen LogP contribution in [0.4, 0.5) is 0 Å². The van der Waals surface area contributed by atoms with Gasteiger partial charge in [0.2, 0.25) is 0 Å². The molecule has 1 N–H and O–H groups in total. The van der Waals surface area contributed by atoms with E-state index in [4.69, 9.17) is 11.6 Å². The highest BCUT2D eigenvalue weighted by molar-refractivity contribution is 6.30. The Morgan fingerprint density at radius 2 is 1.88 bits per heavy atom. The number of carbonyl (C=O) groups is 1. The first-order valence-electron chi connectivity index (χ1n) is 8.28. The summed E-state index contributed by atoms with van der Waals surface area (Å²) in [6, 6.07) is 9.40. The molecule has 0 spiro atoms. The number of rotatable bonds is 4. The summed E-state index contributed by atoms with van der Waals surface area (Å²) < 4.78 is 1.86. The first-order chi connectivity index (χ1) is 11.9. The third-order valence-corrected chi connectivity index (χ3v) is 4.46. The molecule has 1 amide bonds. The number of aryl methyl sites for hydroxylation is 1. The van der Waals surface area contributed by atoms with E-state index in [1.165, 1.54) is 0 Å². The molecule has 0 unspecified atom stereocenters. The van der Waals surface area contributed by atoms with Gasteiger partial charge in [0.1, 0.15) is 0 Å². The van der Waals surface area contributed by atoms with E-state index in [1.807, 2.05) is 48.9 Å². The number of carbonyl (C=O) groups excluding carboxylic acids is 1. The van der Waals surface area contributed by atoms with Gasteiger partial charge in [0.15, 0.2) is 5.65 Å². The van der Waals surface area contributed by atoms with Gasteiger partial charge in [-0.15, -0.1) is 0 Å². The summed E-state index contributed by atoms with van der Waals surface area (Å²) in [6.07, 6.45) is 1.75. The molecule has 25 heavy (non-hydrogen) atoms. The van der Waals surface area contributed by atoms with Gasteiger partial charge in [-0.05, 0) is 51.5 Å². The van der Waals surface area contributed by atoms with E-state index < -0.39 is 0 Å². The number of hydrogen-bond donors (Lipinski definition) is 1. The van der Waals surface area contributed by atoms with Crippen molar-refractivity contribution in [1.29, 1.82) is 0 Å². The van der Waals surface area contributed by atoms with Gasteiger partial charge in [0, 0.05) is 16.5 Å². The molecule has 0 aliphatic heterocycles. The van der Waals surface area contributed by atoms with Gasteiger partial charge in [-0.25, -0.2) is 9.67 Å². The van der Waals surface area contributed by atoms with Gasteiger partial charge in [-0.1, -0.05) is 23.7 Å². The monoisotopic (exact) mass is 356 g/mol. The number of nitrogens with zero attached hydrogens (tertiary/aromatic N) is 3. The van der Waals surface area contributed by atoms with E-state index in [0.29, 0.717) is 16.3 Å². The van der Waals surface area contributed by atoms with Crippen LogP contribution in [-0.4, -0.2) is 20.7 Å². The second kappa shape index (κ2) is 6.84. The first-order valence-corrected chi connectivity index (χ1v) is 8.66. The normalized spacial score (nSPS) is 12.6. The van der Waals surface area contributed by atoms with Crippen molar-refractivity contribution < 1.29 is 4.79 Å². The molecule has 5 nitrogen and oxygen atoms in total. The van der Waals surface area contributed by atoms with E-state index in [9.17, 15) is 4.79 Å². The zero-order valence-corrected chi connectivity index (χ0v) is 15.5. The molecule has 2 aromatic heterocycles. The van der Waals surface area contributed by atoms with Crippen molar-refractivity contribution in [3.05, 3.63) is 58.4 Å². The van der Waals surface area contributed by atoms with Crippen molar-refractivity contribution in [3.8, 4) is 0 Å². The molecule has 3 rings (SSSR count). The quantitative estimate of drug-likeness (QED) is 0.750. The lowest BCUT2D eigenvalue weighted by Gasteiger charge is -2.15. The average molecular weight is 357 g/mol. The number of amides is 1. The molecule has 3 aromatic rings. The molecule has 0 aliphatic carbocycles. The third kappa shape index (κ3) is 3.51. The van der Waals surface area contributed by atoms with E-state index in [0.717, 1.165) is 16.6 Å². The third-order valence-electron chi connectivity index (χ3n) is 4.21. The largest absolute Gasteiger partial charge is 0.345 e. The fraction of sp³-hybridized carbons (Fsp3) is 0.316. The Hall–Kier alpha value is -2.40. The molecule has 2 heterocycles. The zero-order valence-electron chi connectivity index (χ0n) is 14.7. The van der Waals surface area contributed by atoms with Crippen molar-refractivity contribution in [2.75, 3.05) is 0 Å². The summed E-state index contributed by atoms with van der Waals surface area (Å²) in [5.41, 5.74) is 3.05. The van der Waals surface area contributed by atoms with E-state index in [1.54, 1.807) is 6.20 Å². The highest BCUT2D eigenvalue weighted by atomic mass is 35.5. The lowest BCUT2D eigenvalue weighted by molar-refractivity contribution is 0.0939. The van der Waals surface area contributed by atoms with Crippen molar-refractivity contribution >= 4 is 28.5 Å². The molecule has 6 heteroatoms. The van der Waals surface area contributed by atoms with Crippen molar-refractivity contribution in [3.63, 3.8) is 0 Å². The fourth-order valence-electron chi connectivity index (χ4n) is 2.78. The van der Waals surface area contributed by atoms with Crippen LogP contribution in [0.2, 0.25) is 5.02 Å². The van der Waals surface area contributed by atoms with Crippen molar-refractivity contribution in [2.24, 2.45) is 0 Å². The van der Waals surface area contributed by atoms with Crippen molar-refractivity contribution in [1.82, 2.24) is 20.1 Å². The highest BCUT2D eigenvalue weighted by Crippen LogP contribution is 2.21. The van der Waals surface area contributed by atoms with E-state index >= 15 is 0 Å². The highest BCUT2D eigenvalue weighted by Gasteiger charge is 2.17. The maximum absolute atomic E-state index is 12.7. The average Bonchev–Trinajstić information content (AvgIpc) is 2.97. The standard InChI is InChI=1S/C19H21ClN4O/c1-11(2)24-18-15(10-21-24)9-17(13(4)22-18)19(25)23-12(3)14-5-7-16(20)8-6-14/h5-12H,1-4H3,(H,23,25)/t12-/m1/s1. The van der Waals surface area contributed by atoms with Gasteiger partial charge >= 0.3 is 0 Å². The van der Waals surface area contributed by atoms with E-state index in [2.05, 4.69) is 29.2 Å². The van der Waals surface area contributed by atoms with Crippen LogP contribution in [0.15, 0.2) is 36.5 Å². The summed E-state index contributed by atoms with van der Waals surface area (Å²) in [4.78, 5) is 17.3. The van der Waals surface area contributed by atoms with Crippen LogP contribution in [0.25, 0.3) is 11.0 Å². The summed E-state index contributed by atoms with van der Waals surface area (Å²) >= 11 is 5.91. The van der Waals surface area contributed by atoms with Crippen LogP contribution >= 0.6 is 11.6 Å². The SMILES string of the molecule is Cc1nc2c(cnn2C(C)C)cc1C(=O)N[C@H](C)c1ccc(Cl)cc1. The molecule has 1 aromatic carbocycles. The van der Waals surface area contributed by atoms with Crippen LogP contribution in [0.1, 0.15) is 54.5 Å². The molecule has 0 aliphatic rings. The summed E-state index contributed by atoms with van der Waals surface area (Å²) in [7, 11) is 0. The number of nitrogens with one attached hydrogen (secondary N) is 1. The number of aromatic nitrogens is 3. The van der Waals surface area contributed by atoms with E-state index in [-0.39, 0.29) is 18.0 Å². The molecular weight excluding hydrogens is 336 g/mol. The zero-order chi connectivity index (χ0) is 18.1. The Balaban J connectivity index is 1.86. The Morgan fingerprint density at radius 1 is 1.20 bits per heavy atom. The predicted molar refractivity (Wildman–Crippen MR) is 100.0 cm³/mol. The Labute approximate surface area is 152 Å². The topological polar surface area (TPSA) is 59.8 Å². The number of pyridine rings is 1. The Kier molecular flexibility index (Phi) is 4.77. The summed E-state index contributed by atoms with van der Waals surface area (Å²) in [6.45, 7) is 7.90. The second-order valence-electron chi connectivity index (χ2n) is 6.46. The number of benzene rings is 1. The van der Waals surface area contributed by atoms with Gasteiger partial charge in [0.05, 0.1) is 23.5 Å². The number of halogens is 1. The minimum Gasteiger partial charge on any atom is -0.345 e. The Morgan fingerprint density at radius 3 is 2.52 bits per heavy atom. The molecule has 130 valence electrons. The molecule has 0 bridgehead atoms. The number of fused-ring (bicyclic) bond motifs is 1. The number of hydrogen-bond acceptors (Lipinski definition) is 3. The minimum atomic E-state index is -0.147. The lowest BCUT2D eigenvalue weighted by Crippen LogP contribution is -2.27.